The summed E-state index contributed by atoms with van der Waals surface area (Å²) in [6.45, 7) is 12.5. The van der Waals surface area contributed by atoms with Gasteiger partial charge in [0.25, 0.3) is 0 Å². The van der Waals surface area contributed by atoms with Crippen molar-refractivity contribution in [3.05, 3.63) is 18.2 Å². The summed E-state index contributed by atoms with van der Waals surface area (Å²) in [5.74, 6) is 1.12. The molecule has 30 heavy (non-hydrogen) atoms. The highest BCUT2D eigenvalue weighted by Crippen LogP contribution is 2.57. The van der Waals surface area contributed by atoms with E-state index in [1.54, 1.807) is 11.8 Å². The average molecular weight is 437 g/mol. The van der Waals surface area contributed by atoms with Crippen LogP contribution in [0, 0.1) is 5.41 Å². The summed E-state index contributed by atoms with van der Waals surface area (Å²) >= 11 is 1.59. The van der Waals surface area contributed by atoms with Crippen molar-refractivity contribution in [2.45, 2.75) is 83.9 Å². The molecule has 7 nitrogen and oxygen atoms in total. The van der Waals surface area contributed by atoms with Gasteiger partial charge in [0.1, 0.15) is 11.4 Å². The molecule has 1 spiro atoms. The number of carbonyl (C=O) groups is 2. The van der Waals surface area contributed by atoms with E-state index in [1.165, 1.54) is 0 Å². The summed E-state index contributed by atoms with van der Waals surface area (Å²) in [7, 11) is 0. The SMILES string of the molecule is CCn1ccnc1CN(C(=O)[C@@H](C)SC)[C@@H]1CC12CCN(C(=O)OC(C)(C)C)CC2. The Morgan fingerprint density at radius 3 is 2.60 bits per heavy atom. The van der Waals surface area contributed by atoms with E-state index in [2.05, 4.69) is 21.4 Å². The molecular formula is C22H36N4O3S. The van der Waals surface area contributed by atoms with Crippen molar-refractivity contribution in [1.29, 1.82) is 0 Å². The van der Waals surface area contributed by atoms with E-state index in [1.807, 2.05) is 51.2 Å². The molecule has 1 aliphatic carbocycles. The van der Waals surface area contributed by atoms with Gasteiger partial charge in [-0.25, -0.2) is 9.78 Å². The van der Waals surface area contributed by atoms with Gasteiger partial charge in [-0.3, -0.25) is 4.79 Å². The lowest BCUT2D eigenvalue weighted by Crippen LogP contribution is -2.45. The topological polar surface area (TPSA) is 67.7 Å². The normalized spacial score (nSPS) is 21.4. The molecule has 0 bridgehead atoms. The molecule has 1 aromatic rings. The molecule has 8 heteroatoms. The van der Waals surface area contributed by atoms with Gasteiger partial charge in [0.2, 0.25) is 5.91 Å². The van der Waals surface area contributed by atoms with Crippen molar-refractivity contribution in [3.63, 3.8) is 0 Å². The van der Waals surface area contributed by atoms with E-state index in [4.69, 9.17) is 4.74 Å². The van der Waals surface area contributed by atoms with E-state index in [0.717, 1.165) is 31.6 Å². The molecule has 0 unspecified atom stereocenters. The number of ether oxygens (including phenoxy) is 1. The van der Waals surface area contributed by atoms with Crippen LogP contribution in [-0.4, -0.2) is 67.6 Å². The van der Waals surface area contributed by atoms with Crippen LogP contribution in [0.4, 0.5) is 4.79 Å². The zero-order chi connectivity index (χ0) is 22.1. The molecule has 1 saturated heterocycles. The third-order valence-electron chi connectivity index (χ3n) is 6.37. The smallest absolute Gasteiger partial charge is 0.410 e. The van der Waals surface area contributed by atoms with Gasteiger partial charge in [-0.2, -0.15) is 11.8 Å². The number of aryl methyl sites for hydroxylation is 1. The van der Waals surface area contributed by atoms with Crippen molar-refractivity contribution >= 4 is 23.8 Å². The molecule has 2 amide bonds. The van der Waals surface area contributed by atoms with E-state index in [0.29, 0.717) is 19.6 Å². The van der Waals surface area contributed by atoms with Crippen molar-refractivity contribution < 1.29 is 14.3 Å². The molecule has 2 fully saturated rings. The predicted molar refractivity (Wildman–Crippen MR) is 119 cm³/mol. The van der Waals surface area contributed by atoms with Crippen LogP contribution >= 0.6 is 11.8 Å². The summed E-state index contributed by atoms with van der Waals surface area (Å²) in [5.41, 5.74) is -0.358. The fourth-order valence-electron chi connectivity index (χ4n) is 4.37. The van der Waals surface area contributed by atoms with Crippen molar-refractivity contribution in [2.24, 2.45) is 5.41 Å². The summed E-state index contributed by atoms with van der Waals surface area (Å²) in [4.78, 5) is 34.0. The molecule has 1 aliphatic heterocycles. The Morgan fingerprint density at radius 1 is 1.37 bits per heavy atom. The average Bonchev–Trinajstić information content (AvgIpc) is 3.18. The molecular weight excluding hydrogens is 400 g/mol. The Labute approximate surface area is 184 Å². The van der Waals surface area contributed by atoms with Gasteiger partial charge < -0.3 is 19.1 Å². The lowest BCUT2D eigenvalue weighted by molar-refractivity contribution is -0.132. The summed E-state index contributed by atoms with van der Waals surface area (Å²) in [6, 6.07) is 0.224. The zero-order valence-electron chi connectivity index (χ0n) is 19.2. The van der Waals surface area contributed by atoms with Crippen molar-refractivity contribution in [2.75, 3.05) is 19.3 Å². The van der Waals surface area contributed by atoms with Crippen LogP contribution in [0.15, 0.2) is 12.4 Å². The second-order valence-electron chi connectivity index (χ2n) is 9.52. The number of imidazole rings is 1. The minimum absolute atomic E-state index is 0.0745. The minimum Gasteiger partial charge on any atom is -0.444 e. The number of nitrogens with zero attached hydrogens (tertiary/aromatic N) is 4. The van der Waals surface area contributed by atoms with Gasteiger partial charge in [-0.1, -0.05) is 0 Å². The van der Waals surface area contributed by atoms with E-state index < -0.39 is 5.60 Å². The van der Waals surface area contributed by atoms with Gasteiger partial charge >= 0.3 is 6.09 Å². The van der Waals surface area contributed by atoms with Crippen LogP contribution in [0.5, 0.6) is 0 Å². The first-order valence-corrected chi connectivity index (χ1v) is 12.2. The minimum atomic E-state index is -0.479. The molecule has 1 aromatic heterocycles. The van der Waals surface area contributed by atoms with Crippen LogP contribution < -0.4 is 0 Å². The van der Waals surface area contributed by atoms with E-state index in [-0.39, 0.29) is 28.7 Å². The van der Waals surface area contributed by atoms with Crippen LogP contribution in [-0.2, 0) is 22.6 Å². The third-order valence-corrected chi connectivity index (χ3v) is 7.28. The maximum atomic E-state index is 13.2. The molecule has 2 heterocycles. The second-order valence-corrected chi connectivity index (χ2v) is 10.7. The Balaban J connectivity index is 1.68. The first-order chi connectivity index (χ1) is 14.1. The van der Waals surface area contributed by atoms with Crippen LogP contribution in [0.2, 0.25) is 0 Å². The van der Waals surface area contributed by atoms with Gasteiger partial charge in [0.05, 0.1) is 11.8 Å². The lowest BCUT2D eigenvalue weighted by atomic mass is 9.92. The monoisotopic (exact) mass is 436 g/mol. The number of carbonyl (C=O) groups excluding carboxylic acids is 2. The number of rotatable bonds is 6. The molecule has 0 aromatic carbocycles. The largest absolute Gasteiger partial charge is 0.444 e. The zero-order valence-corrected chi connectivity index (χ0v) is 20.0. The van der Waals surface area contributed by atoms with Crippen LogP contribution in [0.3, 0.4) is 0 Å². The Hall–Kier alpha value is -1.70. The van der Waals surface area contributed by atoms with Gasteiger partial charge in [-0.15, -0.1) is 0 Å². The van der Waals surface area contributed by atoms with E-state index in [9.17, 15) is 9.59 Å². The Kier molecular flexibility index (Phi) is 6.75. The van der Waals surface area contributed by atoms with Crippen LogP contribution in [0.1, 0.15) is 59.7 Å². The number of hydrogen-bond donors (Lipinski definition) is 0. The second kappa shape index (κ2) is 8.81. The van der Waals surface area contributed by atoms with Gasteiger partial charge in [0, 0.05) is 38.1 Å². The number of aromatic nitrogens is 2. The standard InChI is InChI=1S/C22H36N4O3S/c1-7-24-13-10-23-18(24)15-26(19(27)16(2)30-6)17-14-22(17)8-11-25(12-9-22)20(28)29-21(3,4)5/h10,13,16-17H,7-9,11-12,14-15H2,1-6H3/t16-,17-/m1/s1. The fourth-order valence-corrected chi connectivity index (χ4v) is 4.71. The maximum absolute atomic E-state index is 13.2. The molecule has 1 saturated carbocycles. The number of thioether (sulfide) groups is 1. The fraction of sp³-hybridized carbons (Fsp3) is 0.773. The van der Waals surface area contributed by atoms with E-state index >= 15 is 0 Å². The third kappa shape index (κ3) is 4.95. The highest BCUT2D eigenvalue weighted by molar-refractivity contribution is 7.99. The highest BCUT2D eigenvalue weighted by Gasteiger charge is 2.59. The summed E-state index contributed by atoms with van der Waals surface area (Å²) < 4.78 is 7.63. The highest BCUT2D eigenvalue weighted by atomic mass is 32.2. The summed E-state index contributed by atoms with van der Waals surface area (Å²) in [5, 5.41) is -0.0745. The first-order valence-electron chi connectivity index (χ1n) is 10.9. The van der Waals surface area contributed by atoms with Crippen molar-refractivity contribution in [3.8, 4) is 0 Å². The molecule has 0 radical (unpaired) electrons. The van der Waals surface area contributed by atoms with Crippen LogP contribution in [0.25, 0.3) is 0 Å². The molecule has 2 aliphatic rings. The summed E-state index contributed by atoms with van der Waals surface area (Å²) in [6.07, 6.45) is 8.36. The number of piperidine rings is 1. The Morgan fingerprint density at radius 2 is 2.03 bits per heavy atom. The maximum Gasteiger partial charge on any atom is 0.410 e. The Bertz CT molecular complexity index is 765. The number of hydrogen-bond acceptors (Lipinski definition) is 5. The van der Waals surface area contributed by atoms with Gasteiger partial charge in [-0.05, 0) is 65.6 Å². The number of likely N-dealkylation sites (tertiary alicyclic amines) is 1. The quantitative estimate of drug-likeness (QED) is 0.679. The lowest BCUT2D eigenvalue weighted by Gasteiger charge is -2.36. The molecule has 0 N–H and O–H groups in total. The molecule has 2 atom stereocenters. The first kappa shape index (κ1) is 23.0. The van der Waals surface area contributed by atoms with Gasteiger partial charge in [0.15, 0.2) is 0 Å². The predicted octanol–water partition coefficient (Wildman–Crippen LogP) is 3.77. The number of amides is 2. The van der Waals surface area contributed by atoms with Crippen molar-refractivity contribution in [1.82, 2.24) is 19.4 Å². The molecule has 168 valence electrons. The molecule has 3 rings (SSSR count).